The van der Waals surface area contributed by atoms with Crippen molar-refractivity contribution in [1.29, 1.82) is 0 Å². The Balaban J connectivity index is 1.32. The first-order chi connectivity index (χ1) is 13.1. The molecule has 0 bridgehead atoms. The molecule has 0 saturated carbocycles. The molecule has 1 saturated heterocycles. The zero-order valence-electron chi connectivity index (χ0n) is 15.6. The topological polar surface area (TPSA) is 84.2 Å². The maximum atomic E-state index is 12.5. The maximum Gasteiger partial charge on any atom is 0.267 e. The number of amides is 1. The summed E-state index contributed by atoms with van der Waals surface area (Å²) in [7, 11) is 0. The Morgan fingerprint density at radius 2 is 1.93 bits per heavy atom. The summed E-state index contributed by atoms with van der Waals surface area (Å²) >= 11 is 1.16. The van der Waals surface area contributed by atoms with Gasteiger partial charge in [-0.15, -0.1) is 5.10 Å². The van der Waals surface area contributed by atoms with Gasteiger partial charge in [0.2, 0.25) is 0 Å². The van der Waals surface area contributed by atoms with Crippen LogP contribution >= 0.6 is 11.5 Å². The van der Waals surface area contributed by atoms with Gasteiger partial charge in [-0.25, -0.2) is 4.68 Å². The summed E-state index contributed by atoms with van der Waals surface area (Å²) in [6.07, 6.45) is 4.26. The normalized spacial score (nSPS) is 17.7. The van der Waals surface area contributed by atoms with E-state index in [1.807, 2.05) is 11.8 Å². The standard InChI is InChI=1S/C18H24N6O2S/c1-13-17(27-21-19-13)18(26)23-9-6-22(7-10-23)8-11-24-16(25)12-14-4-2-3-5-15(14)20-24/h12H,2-11H2,1H3. The molecular formula is C18H24N6O2S. The molecule has 0 unspecified atom stereocenters. The van der Waals surface area contributed by atoms with Gasteiger partial charge in [-0.3, -0.25) is 14.5 Å². The summed E-state index contributed by atoms with van der Waals surface area (Å²) in [4.78, 5) is 29.6. The second kappa shape index (κ2) is 7.85. The van der Waals surface area contributed by atoms with Gasteiger partial charge >= 0.3 is 0 Å². The van der Waals surface area contributed by atoms with Crippen LogP contribution in [0.5, 0.6) is 0 Å². The van der Waals surface area contributed by atoms with Crippen LogP contribution in [0.25, 0.3) is 0 Å². The molecule has 0 aromatic carbocycles. The quantitative estimate of drug-likeness (QED) is 0.768. The van der Waals surface area contributed by atoms with E-state index in [0.29, 0.717) is 30.2 Å². The number of carbonyl (C=O) groups excluding carboxylic acids is 1. The van der Waals surface area contributed by atoms with E-state index in [1.54, 1.807) is 10.7 Å². The number of carbonyl (C=O) groups is 1. The van der Waals surface area contributed by atoms with Crippen LogP contribution in [-0.2, 0) is 19.4 Å². The van der Waals surface area contributed by atoms with Crippen molar-refractivity contribution in [2.24, 2.45) is 0 Å². The lowest BCUT2D eigenvalue weighted by molar-refractivity contribution is 0.0635. The van der Waals surface area contributed by atoms with E-state index in [9.17, 15) is 9.59 Å². The van der Waals surface area contributed by atoms with Crippen molar-refractivity contribution in [3.63, 3.8) is 0 Å². The number of aromatic nitrogens is 4. The van der Waals surface area contributed by atoms with Gasteiger partial charge in [-0.1, -0.05) is 4.49 Å². The first kappa shape index (κ1) is 18.2. The molecule has 27 heavy (non-hydrogen) atoms. The Hall–Kier alpha value is -2.13. The van der Waals surface area contributed by atoms with Crippen molar-refractivity contribution in [3.8, 4) is 0 Å². The molecule has 1 aliphatic carbocycles. The Kier molecular flexibility index (Phi) is 5.31. The highest BCUT2D eigenvalue weighted by atomic mass is 32.1. The third kappa shape index (κ3) is 3.93. The fourth-order valence-electron chi connectivity index (χ4n) is 3.74. The molecule has 0 atom stereocenters. The van der Waals surface area contributed by atoms with E-state index in [2.05, 4.69) is 19.6 Å². The molecule has 3 heterocycles. The van der Waals surface area contributed by atoms with Crippen molar-refractivity contribution in [2.75, 3.05) is 32.7 Å². The number of piperazine rings is 1. The molecule has 1 amide bonds. The molecule has 4 rings (SSSR count). The van der Waals surface area contributed by atoms with Gasteiger partial charge in [-0.2, -0.15) is 5.10 Å². The average Bonchev–Trinajstić information content (AvgIpc) is 3.12. The summed E-state index contributed by atoms with van der Waals surface area (Å²) in [5.41, 5.74) is 2.91. The molecule has 144 valence electrons. The number of nitrogens with zero attached hydrogens (tertiary/aromatic N) is 6. The number of hydrogen-bond acceptors (Lipinski definition) is 7. The average molecular weight is 388 g/mol. The molecule has 2 aliphatic rings. The highest BCUT2D eigenvalue weighted by Crippen LogP contribution is 2.17. The number of hydrogen-bond donors (Lipinski definition) is 0. The Labute approximate surface area is 162 Å². The minimum atomic E-state index is -0.00219. The number of aryl methyl sites for hydroxylation is 3. The van der Waals surface area contributed by atoms with Crippen molar-refractivity contribution in [1.82, 2.24) is 29.2 Å². The lowest BCUT2D eigenvalue weighted by Gasteiger charge is -2.34. The van der Waals surface area contributed by atoms with Crippen LogP contribution in [-0.4, -0.2) is 67.8 Å². The SMILES string of the molecule is Cc1nnsc1C(=O)N1CCN(CCn2nc3c(cc2=O)CCCC3)CC1. The van der Waals surface area contributed by atoms with E-state index in [0.717, 1.165) is 68.1 Å². The lowest BCUT2D eigenvalue weighted by Crippen LogP contribution is -2.49. The maximum absolute atomic E-state index is 12.5. The van der Waals surface area contributed by atoms with Crippen LogP contribution in [0.15, 0.2) is 10.9 Å². The Morgan fingerprint density at radius 3 is 2.67 bits per heavy atom. The van der Waals surface area contributed by atoms with Crippen LogP contribution < -0.4 is 5.56 Å². The van der Waals surface area contributed by atoms with Crippen molar-refractivity contribution in [3.05, 3.63) is 38.2 Å². The van der Waals surface area contributed by atoms with Crippen LogP contribution in [0.1, 0.15) is 39.5 Å². The van der Waals surface area contributed by atoms with E-state index in [4.69, 9.17) is 0 Å². The minimum Gasteiger partial charge on any atom is -0.335 e. The zero-order chi connectivity index (χ0) is 18.8. The summed E-state index contributed by atoms with van der Waals surface area (Å²) in [6, 6.07) is 1.77. The van der Waals surface area contributed by atoms with E-state index in [-0.39, 0.29) is 11.5 Å². The van der Waals surface area contributed by atoms with Crippen molar-refractivity contribution >= 4 is 17.4 Å². The smallest absolute Gasteiger partial charge is 0.267 e. The zero-order valence-corrected chi connectivity index (χ0v) is 16.4. The highest BCUT2D eigenvalue weighted by molar-refractivity contribution is 7.07. The van der Waals surface area contributed by atoms with E-state index < -0.39 is 0 Å². The molecule has 0 spiro atoms. The molecule has 1 aliphatic heterocycles. The molecule has 9 heteroatoms. The predicted molar refractivity (Wildman–Crippen MR) is 102 cm³/mol. The van der Waals surface area contributed by atoms with Gasteiger partial charge in [0, 0.05) is 38.8 Å². The molecular weight excluding hydrogens is 364 g/mol. The number of rotatable bonds is 4. The summed E-state index contributed by atoms with van der Waals surface area (Å²) in [5, 5.41) is 8.50. The van der Waals surface area contributed by atoms with Crippen LogP contribution in [0.4, 0.5) is 0 Å². The fourth-order valence-corrected chi connectivity index (χ4v) is 4.37. The largest absolute Gasteiger partial charge is 0.335 e. The van der Waals surface area contributed by atoms with Crippen molar-refractivity contribution < 1.29 is 4.79 Å². The highest BCUT2D eigenvalue weighted by Gasteiger charge is 2.25. The molecule has 1 fully saturated rings. The van der Waals surface area contributed by atoms with Gasteiger partial charge in [0.15, 0.2) is 0 Å². The fraction of sp³-hybridized carbons (Fsp3) is 0.611. The monoisotopic (exact) mass is 388 g/mol. The van der Waals surface area contributed by atoms with Crippen LogP contribution in [0.3, 0.4) is 0 Å². The van der Waals surface area contributed by atoms with Crippen molar-refractivity contribution in [2.45, 2.75) is 39.2 Å². The van der Waals surface area contributed by atoms with Gasteiger partial charge in [0.25, 0.3) is 11.5 Å². The number of fused-ring (bicyclic) bond motifs is 1. The second-order valence-electron chi connectivity index (χ2n) is 7.21. The van der Waals surface area contributed by atoms with Gasteiger partial charge in [0.05, 0.1) is 17.9 Å². The summed E-state index contributed by atoms with van der Waals surface area (Å²) in [5.74, 6) is 0.0229. The van der Waals surface area contributed by atoms with Gasteiger partial charge < -0.3 is 4.90 Å². The molecule has 0 radical (unpaired) electrons. The summed E-state index contributed by atoms with van der Waals surface area (Å²) < 4.78 is 5.45. The molecule has 2 aromatic heterocycles. The first-order valence-electron chi connectivity index (χ1n) is 9.52. The summed E-state index contributed by atoms with van der Waals surface area (Å²) in [6.45, 7) is 6.15. The third-order valence-electron chi connectivity index (χ3n) is 5.41. The van der Waals surface area contributed by atoms with Crippen LogP contribution in [0.2, 0.25) is 0 Å². The second-order valence-corrected chi connectivity index (χ2v) is 7.96. The minimum absolute atomic E-state index is 0.00219. The van der Waals surface area contributed by atoms with E-state index in [1.165, 1.54) is 0 Å². The van der Waals surface area contributed by atoms with E-state index >= 15 is 0 Å². The third-order valence-corrected chi connectivity index (χ3v) is 6.22. The first-order valence-corrected chi connectivity index (χ1v) is 10.3. The lowest BCUT2D eigenvalue weighted by atomic mass is 9.97. The Morgan fingerprint density at radius 1 is 1.15 bits per heavy atom. The van der Waals surface area contributed by atoms with Crippen LogP contribution in [0, 0.1) is 6.92 Å². The van der Waals surface area contributed by atoms with Gasteiger partial charge in [0.1, 0.15) is 4.88 Å². The molecule has 2 aromatic rings. The molecule has 8 nitrogen and oxygen atoms in total. The van der Waals surface area contributed by atoms with Gasteiger partial charge in [-0.05, 0) is 49.7 Å². The molecule has 0 N–H and O–H groups in total. The Bertz CT molecular complexity index is 884. The predicted octanol–water partition coefficient (Wildman–Crippen LogP) is 0.740.